The predicted octanol–water partition coefficient (Wildman–Crippen LogP) is 4.86. The number of anilines is 1. The lowest BCUT2D eigenvalue weighted by molar-refractivity contribution is 0.0936. The van der Waals surface area contributed by atoms with Gasteiger partial charge in [-0.3, -0.25) is 9.52 Å². The van der Waals surface area contributed by atoms with Gasteiger partial charge in [-0.25, -0.2) is 13.4 Å². The maximum atomic E-state index is 12.5. The Bertz CT molecular complexity index is 1150. The van der Waals surface area contributed by atoms with Gasteiger partial charge in [-0.15, -0.1) is 0 Å². The van der Waals surface area contributed by atoms with E-state index in [9.17, 15) is 13.2 Å². The van der Waals surface area contributed by atoms with Gasteiger partial charge in [0.2, 0.25) is 5.88 Å². The highest BCUT2D eigenvalue weighted by Crippen LogP contribution is 2.25. The molecule has 2 aromatic carbocycles. The minimum atomic E-state index is -3.75. The van der Waals surface area contributed by atoms with Gasteiger partial charge < -0.3 is 10.1 Å². The number of hydrogen-bond acceptors (Lipinski definition) is 5. The van der Waals surface area contributed by atoms with Crippen molar-refractivity contribution in [2.45, 2.75) is 31.2 Å². The Balaban J connectivity index is 1.73. The van der Waals surface area contributed by atoms with Gasteiger partial charge in [-0.2, -0.15) is 0 Å². The molecule has 3 rings (SSSR count). The fourth-order valence-corrected chi connectivity index (χ4v) is 3.76. The van der Waals surface area contributed by atoms with Gasteiger partial charge in [-0.05, 0) is 74.0 Å². The van der Waals surface area contributed by atoms with E-state index in [1.54, 1.807) is 36.4 Å². The maximum absolute atomic E-state index is 12.5. The minimum absolute atomic E-state index is 0.0218. The van der Waals surface area contributed by atoms with Crippen LogP contribution in [0.25, 0.3) is 0 Å². The van der Waals surface area contributed by atoms with Crippen LogP contribution < -0.4 is 14.8 Å². The van der Waals surface area contributed by atoms with Crippen LogP contribution in [0, 0.1) is 0 Å². The molecule has 0 bridgehead atoms. The molecule has 0 aliphatic heterocycles. The number of benzene rings is 2. The first-order valence-corrected chi connectivity index (χ1v) is 11.5. The summed E-state index contributed by atoms with van der Waals surface area (Å²) in [5.74, 6) is 0.299. The quantitative estimate of drug-likeness (QED) is 0.501. The van der Waals surface area contributed by atoms with Crippen LogP contribution in [0.1, 0.15) is 30.6 Å². The highest BCUT2D eigenvalue weighted by molar-refractivity contribution is 7.92. The number of nitrogens with zero attached hydrogens (tertiary/aromatic N) is 1. The molecule has 1 amide bonds. The lowest BCUT2D eigenvalue weighted by Gasteiger charge is -2.14. The van der Waals surface area contributed by atoms with Gasteiger partial charge >= 0.3 is 0 Å². The van der Waals surface area contributed by atoms with Crippen LogP contribution in [0.5, 0.6) is 11.6 Å². The molecule has 0 saturated carbocycles. The van der Waals surface area contributed by atoms with Gasteiger partial charge in [-0.1, -0.05) is 18.5 Å². The van der Waals surface area contributed by atoms with Crippen molar-refractivity contribution >= 4 is 33.2 Å². The fourth-order valence-electron chi connectivity index (χ4n) is 2.58. The van der Waals surface area contributed by atoms with Crippen molar-refractivity contribution in [3.63, 3.8) is 0 Å². The third-order valence-corrected chi connectivity index (χ3v) is 6.10. The van der Waals surface area contributed by atoms with E-state index in [0.717, 1.165) is 6.42 Å². The van der Waals surface area contributed by atoms with Crippen molar-refractivity contribution < 1.29 is 17.9 Å². The molecular weight excluding hydrogens is 438 g/mol. The Morgan fingerprint density at radius 1 is 1.10 bits per heavy atom. The monoisotopic (exact) mass is 459 g/mol. The summed E-state index contributed by atoms with van der Waals surface area (Å²) in [6.45, 7) is 3.90. The highest BCUT2D eigenvalue weighted by Gasteiger charge is 2.17. The molecule has 7 nitrogen and oxygen atoms in total. The molecule has 2 N–H and O–H groups in total. The Hall–Kier alpha value is -3.10. The van der Waals surface area contributed by atoms with Gasteiger partial charge in [0.15, 0.2) is 0 Å². The van der Waals surface area contributed by atoms with E-state index >= 15 is 0 Å². The highest BCUT2D eigenvalue weighted by atomic mass is 35.5. The lowest BCUT2D eigenvalue weighted by Crippen LogP contribution is -2.32. The molecule has 0 fully saturated rings. The molecule has 9 heteroatoms. The number of ether oxygens (including phenoxy) is 1. The zero-order valence-electron chi connectivity index (χ0n) is 17.0. The second-order valence-corrected chi connectivity index (χ2v) is 8.94. The van der Waals surface area contributed by atoms with Gasteiger partial charge in [0.05, 0.1) is 4.90 Å². The Morgan fingerprint density at radius 3 is 2.42 bits per heavy atom. The molecule has 1 aromatic heterocycles. The molecule has 3 aromatic rings. The molecule has 162 valence electrons. The number of carbonyl (C=O) groups is 1. The molecule has 0 spiro atoms. The van der Waals surface area contributed by atoms with E-state index < -0.39 is 10.0 Å². The molecular formula is C22H22ClN3O4S. The number of aromatic nitrogens is 1. The number of amides is 1. The van der Waals surface area contributed by atoms with Gasteiger partial charge in [0.1, 0.15) is 11.3 Å². The third-order valence-electron chi connectivity index (χ3n) is 4.45. The lowest BCUT2D eigenvalue weighted by atomic mass is 10.2. The van der Waals surface area contributed by atoms with Crippen molar-refractivity contribution in [2.24, 2.45) is 0 Å². The van der Waals surface area contributed by atoms with E-state index in [2.05, 4.69) is 15.0 Å². The van der Waals surface area contributed by atoms with Crippen LogP contribution in [-0.4, -0.2) is 25.4 Å². The van der Waals surface area contributed by atoms with Crippen LogP contribution >= 0.6 is 11.6 Å². The summed E-state index contributed by atoms with van der Waals surface area (Å²) in [6, 6.07) is 15.5. The summed E-state index contributed by atoms with van der Waals surface area (Å²) in [5.41, 5.74) is 0.674. The van der Waals surface area contributed by atoms with Crippen LogP contribution in [0.2, 0.25) is 5.02 Å². The zero-order valence-corrected chi connectivity index (χ0v) is 18.6. The van der Waals surface area contributed by atoms with Crippen molar-refractivity contribution in [3.05, 3.63) is 77.4 Å². The van der Waals surface area contributed by atoms with Crippen molar-refractivity contribution in [2.75, 3.05) is 4.72 Å². The number of carbonyl (C=O) groups excluding carboxylic acids is 1. The number of hydrogen-bond donors (Lipinski definition) is 2. The SMILES string of the molecule is CC[C@H](C)NC(=O)c1cccnc1Oc1ccc(NS(=O)(=O)c2ccc(Cl)cc2)cc1. The van der Waals surface area contributed by atoms with Crippen molar-refractivity contribution in [1.29, 1.82) is 0 Å². The fraction of sp³-hybridized carbons (Fsp3) is 0.182. The first-order chi connectivity index (χ1) is 14.8. The number of sulfonamides is 1. The Kier molecular flexibility index (Phi) is 7.14. The smallest absolute Gasteiger partial charge is 0.261 e. The molecule has 0 saturated heterocycles. The van der Waals surface area contributed by atoms with E-state index in [-0.39, 0.29) is 22.7 Å². The van der Waals surface area contributed by atoms with Crippen molar-refractivity contribution in [1.82, 2.24) is 10.3 Å². The summed E-state index contributed by atoms with van der Waals surface area (Å²) < 4.78 is 33.2. The first-order valence-electron chi connectivity index (χ1n) is 9.60. The summed E-state index contributed by atoms with van der Waals surface area (Å²) in [5, 5.41) is 3.33. The Labute approximate surface area is 186 Å². The number of nitrogens with one attached hydrogen (secondary N) is 2. The maximum Gasteiger partial charge on any atom is 0.261 e. The molecule has 0 unspecified atom stereocenters. The molecule has 0 radical (unpaired) electrons. The third kappa shape index (κ3) is 5.96. The molecule has 31 heavy (non-hydrogen) atoms. The van der Waals surface area contributed by atoms with Crippen LogP contribution in [-0.2, 0) is 10.0 Å². The molecule has 0 aliphatic rings. The molecule has 1 heterocycles. The topological polar surface area (TPSA) is 97.4 Å². The second kappa shape index (κ2) is 9.80. The number of halogens is 1. The summed E-state index contributed by atoms with van der Waals surface area (Å²) in [4.78, 5) is 16.7. The minimum Gasteiger partial charge on any atom is -0.438 e. The van der Waals surface area contributed by atoms with E-state index in [4.69, 9.17) is 16.3 Å². The second-order valence-electron chi connectivity index (χ2n) is 6.82. The average molecular weight is 460 g/mol. The first kappa shape index (κ1) is 22.6. The number of pyridine rings is 1. The summed E-state index contributed by atoms with van der Waals surface area (Å²) in [6.07, 6.45) is 2.33. The summed E-state index contributed by atoms with van der Waals surface area (Å²) >= 11 is 5.81. The van der Waals surface area contributed by atoms with Crippen LogP contribution in [0.3, 0.4) is 0 Å². The standard InChI is InChI=1S/C22H22ClN3O4S/c1-3-15(2)25-21(27)20-5-4-14-24-22(20)30-18-10-8-17(9-11-18)26-31(28,29)19-12-6-16(23)7-13-19/h4-15,26H,3H2,1-2H3,(H,25,27)/t15-/m0/s1. The van der Waals surface area contributed by atoms with E-state index in [1.807, 2.05) is 13.8 Å². The average Bonchev–Trinajstić information content (AvgIpc) is 2.75. The molecule has 0 aliphatic carbocycles. The summed E-state index contributed by atoms with van der Waals surface area (Å²) in [7, 11) is -3.75. The van der Waals surface area contributed by atoms with E-state index in [1.165, 1.54) is 30.5 Å². The van der Waals surface area contributed by atoms with Crippen LogP contribution in [0.4, 0.5) is 5.69 Å². The van der Waals surface area contributed by atoms with Crippen molar-refractivity contribution in [3.8, 4) is 11.6 Å². The predicted molar refractivity (Wildman–Crippen MR) is 120 cm³/mol. The van der Waals surface area contributed by atoms with Crippen LogP contribution in [0.15, 0.2) is 71.8 Å². The normalized spacial score (nSPS) is 12.1. The van der Waals surface area contributed by atoms with E-state index in [0.29, 0.717) is 22.0 Å². The number of rotatable bonds is 8. The zero-order chi connectivity index (χ0) is 22.4. The largest absolute Gasteiger partial charge is 0.438 e. The molecule has 1 atom stereocenters. The van der Waals surface area contributed by atoms with Gasteiger partial charge in [0.25, 0.3) is 15.9 Å². The Morgan fingerprint density at radius 2 is 1.77 bits per heavy atom. The van der Waals surface area contributed by atoms with Gasteiger partial charge in [0, 0.05) is 22.9 Å².